The maximum Gasteiger partial charge on any atom is 0.0789 e. The summed E-state index contributed by atoms with van der Waals surface area (Å²) in [6.07, 6.45) is 11.2. The third-order valence-electron chi connectivity index (χ3n) is 4.48. The van der Waals surface area contributed by atoms with E-state index in [2.05, 4.69) is 18.7 Å². The third-order valence-corrected chi connectivity index (χ3v) is 4.48. The van der Waals surface area contributed by atoms with Gasteiger partial charge in [0, 0.05) is 18.6 Å². The van der Waals surface area contributed by atoms with Crippen LogP contribution in [0, 0.1) is 0 Å². The zero-order chi connectivity index (χ0) is 12.3. The normalized spacial score (nSPS) is 34.4. The standard InChI is InChI=1S/C15H29NO/c1-3-4-5-6-7-10-15(17)11-13(2)16(12-15)14-8-9-14/h13-14,17H,3-12H2,1-2H3. The molecule has 1 N–H and O–H groups in total. The highest BCUT2D eigenvalue weighted by Crippen LogP contribution is 2.39. The Labute approximate surface area is 106 Å². The van der Waals surface area contributed by atoms with Crippen molar-refractivity contribution in [2.75, 3.05) is 6.54 Å². The van der Waals surface area contributed by atoms with Gasteiger partial charge in [-0.1, -0.05) is 39.0 Å². The topological polar surface area (TPSA) is 23.5 Å². The van der Waals surface area contributed by atoms with Crippen LogP contribution in [0.3, 0.4) is 0 Å². The van der Waals surface area contributed by atoms with Gasteiger partial charge in [-0.05, 0) is 32.6 Å². The van der Waals surface area contributed by atoms with Gasteiger partial charge in [-0.2, -0.15) is 0 Å². The fourth-order valence-electron chi connectivity index (χ4n) is 3.36. The van der Waals surface area contributed by atoms with Crippen molar-refractivity contribution in [3.05, 3.63) is 0 Å². The minimum atomic E-state index is -0.367. The molecule has 17 heavy (non-hydrogen) atoms. The van der Waals surface area contributed by atoms with Gasteiger partial charge in [-0.3, -0.25) is 4.90 Å². The number of unbranched alkanes of at least 4 members (excludes halogenated alkanes) is 4. The number of nitrogens with zero attached hydrogens (tertiary/aromatic N) is 1. The molecule has 2 fully saturated rings. The summed E-state index contributed by atoms with van der Waals surface area (Å²) in [7, 11) is 0. The van der Waals surface area contributed by atoms with Crippen molar-refractivity contribution in [2.45, 2.75) is 89.3 Å². The van der Waals surface area contributed by atoms with E-state index in [1.54, 1.807) is 0 Å². The molecule has 2 aliphatic rings. The first kappa shape index (κ1) is 13.4. The fourth-order valence-corrected chi connectivity index (χ4v) is 3.36. The van der Waals surface area contributed by atoms with Crippen LogP contribution in [0.4, 0.5) is 0 Å². The second-order valence-electron chi connectivity index (χ2n) is 6.35. The van der Waals surface area contributed by atoms with Gasteiger partial charge in [0.2, 0.25) is 0 Å². The smallest absolute Gasteiger partial charge is 0.0789 e. The lowest BCUT2D eigenvalue weighted by Crippen LogP contribution is -2.34. The number of likely N-dealkylation sites (tertiary alicyclic amines) is 1. The summed E-state index contributed by atoms with van der Waals surface area (Å²) in [5.74, 6) is 0. The molecule has 0 aromatic carbocycles. The summed E-state index contributed by atoms with van der Waals surface area (Å²) in [5.41, 5.74) is -0.367. The van der Waals surface area contributed by atoms with Crippen LogP contribution in [-0.4, -0.2) is 34.2 Å². The SMILES string of the molecule is CCCCCCCC1(O)CC(C)N(C2CC2)C1. The first-order valence-corrected chi connectivity index (χ1v) is 7.63. The Bertz CT molecular complexity index is 239. The number of hydrogen-bond acceptors (Lipinski definition) is 2. The van der Waals surface area contributed by atoms with Gasteiger partial charge in [0.15, 0.2) is 0 Å². The molecule has 1 aliphatic carbocycles. The molecular weight excluding hydrogens is 210 g/mol. The van der Waals surface area contributed by atoms with Gasteiger partial charge >= 0.3 is 0 Å². The van der Waals surface area contributed by atoms with Crippen LogP contribution in [0.15, 0.2) is 0 Å². The molecule has 0 amide bonds. The Morgan fingerprint density at radius 3 is 2.53 bits per heavy atom. The Kier molecular flexibility index (Phi) is 4.48. The minimum Gasteiger partial charge on any atom is -0.388 e. The van der Waals surface area contributed by atoms with Crippen LogP contribution in [0.5, 0.6) is 0 Å². The fraction of sp³-hybridized carbons (Fsp3) is 1.00. The third kappa shape index (κ3) is 3.69. The van der Waals surface area contributed by atoms with Crippen LogP contribution >= 0.6 is 0 Å². The lowest BCUT2D eigenvalue weighted by molar-refractivity contribution is 0.0371. The molecule has 2 nitrogen and oxygen atoms in total. The van der Waals surface area contributed by atoms with E-state index in [-0.39, 0.29) is 5.60 Å². The first-order chi connectivity index (χ1) is 8.14. The van der Waals surface area contributed by atoms with Gasteiger partial charge in [-0.25, -0.2) is 0 Å². The molecule has 0 radical (unpaired) electrons. The van der Waals surface area contributed by atoms with Gasteiger partial charge in [-0.15, -0.1) is 0 Å². The molecule has 1 saturated carbocycles. The quantitative estimate of drug-likeness (QED) is 0.689. The molecule has 0 aromatic rings. The van der Waals surface area contributed by atoms with Crippen LogP contribution in [0.2, 0.25) is 0 Å². The molecule has 100 valence electrons. The van der Waals surface area contributed by atoms with Crippen LogP contribution in [-0.2, 0) is 0 Å². The van der Waals surface area contributed by atoms with E-state index in [0.29, 0.717) is 6.04 Å². The number of aliphatic hydroxyl groups is 1. The summed E-state index contributed by atoms with van der Waals surface area (Å²) < 4.78 is 0. The van der Waals surface area contributed by atoms with E-state index < -0.39 is 0 Å². The Balaban J connectivity index is 1.68. The Morgan fingerprint density at radius 1 is 1.18 bits per heavy atom. The molecule has 0 spiro atoms. The lowest BCUT2D eigenvalue weighted by Gasteiger charge is -2.23. The monoisotopic (exact) mass is 239 g/mol. The van der Waals surface area contributed by atoms with Crippen molar-refractivity contribution in [2.24, 2.45) is 0 Å². The Morgan fingerprint density at radius 2 is 1.88 bits per heavy atom. The second kappa shape index (κ2) is 5.71. The van der Waals surface area contributed by atoms with E-state index >= 15 is 0 Å². The van der Waals surface area contributed by atoms with E-state index in [1.807, 2.05) is 0 Å². The van der Waals surface area contributed by atoms with Crippen LogP contribution in [0.1, 0.15) is 71.6 Å². The second-order valence-corrected chi connectivity index (χ2v) is 6.35. The molecule has 0 bridgehead atoms. The summed E-state index contributed by atoms with van der Waals surface area (Å²) in [4.78, 5) is 2.55. The zero-order valence-corrected chi connectivity index (χ0v) is 11.6. The molecule has 0 aromatic heterocycles. The molecule has 2 atom stereocenters. The van der Waals surface area contributed by atoms with Crippen molar-refractivity contribution < 1.29 is 5.11 Å². The zero-order valence-electron chi connectivity index (χ0n) is 11.6. The predicted molar refractivity (Wildman–Crippen MR) is 72.1 cm³/mol. The number of hydrogen-bond donors (Lipinski definition) is 1. The highest BCUT2D eigenvalue weighted by molar-refractivity contribution is 5.00. The molecule has 2 unspecified atom stereocenters. The first-order valence-electron chi connectivity index (χ1n) is 7.63. The summed E-state index contributed by atoms with van der Waals surface area (Å²) >= 11 is 0. The molecular formula is C15H29NO. The average molecular weight is 239 g/mol. The summed E-state index contributed by atoms with van der Waals surface area (Å²) in [6, 6.07) is 1.40. The van der Waals surface area contributed by atoms with Crippen molar-refractivity contribution in [3.63, 3.8) is 0 Å². The molecule has 1 aliphatic heterocycles. The van der Waals surface area contributed by atoms with Gasteiger partial charge in [0.05, 0.1) is 5.60 Å². The van der Waals surface area contributed by atoms with Crippen molar-refractivity contribution in [1.29, 1.82) is 0 Å². The highest BCUT2D eigenvalue weighted by atomic mass is 16.3. The van der Waals surface area contributed by atoms with Gasteiger partial charge in [0.1, 0.15) is 0 Å². The van der Waals surface area contributed by atoms with Gasteiger partial charge < -0.3 is 5.11 Å². The number of rotatable bonds is 7. The molecule has 1 saturated heterocycles. The van der Waals surface area contributed by atoms with Gasteiger partial charge in [0.25, 0.3) is 0 Å². The Hall–Kier alpha value is -0.0800. The summed E-state index contributed by atoms with van der Waals surface area (Å²) in [5, 5.41) is 10.6. The van der Waals surface area contributed by atoms with E-state index in [9.17, 15) is 5.11 Å². The predicted octanol–water partition coefficient (Wildman–Crippen LogP) is 3.33. The maximum atomic E-state index is 10.6. The summed E-state index contributed by atoms with van der Waals surface area (Å²) in [6.45, 7) is 5.47. The van der Waals surface area contributed by atoms with Crippen molar-refractivity contribution in [1.82, 2.24) is 4.90 Å². The average Bonchev–Trinajstić information content (AvgIpc) is 3.06. The van der Waals surface area contributed by atoms with Crippen LogP contribution in [0.25, 0.3) is 0 Å². The number of β-amino-alcohol motifs (C(OH)–C–C–N with tert-alkyl or cyclic N) is 1. The minimum absolute atomic E-state index is 0.367. The molecule has 1 heterocycles. The van der Waals surface area contributed by atoms with Crippen molar-refractivity contribution in [3.8, 4) is 0 Å². The lowest BCUT2D eigenvalue weighted by atomic mass is 9.93. The van der Waals surface area contributed by atoms with Crippen molar-refractivity contribution >= 4 is 0 Å². The van der Waals surface area contributed by atoms with E-state index in [4.69, 9.17) is 0 Å². The van der Waals surface area contributed by atoms with Crippen LogP contribution < -0.4 is 0 Å². The molecule has 2 rings (SSSR count). The molecule has 2 heteroatoms. The highest BCUT2D eigenvalue weighted by Gasteiger charge is 2.45. The van der Waals surface area contributed by atoms with E-state index in [0.717, 1.165) is 25.4 Å². The maximum absolute atomic E-state index is 10.6. The largest absolute Gasteiger partial charge is 0.388 e. The van der Waals surface area contributed by atoms with E-state index in [1.165, 1.54) is 44.9 Å².